The minimum Gasteiger partial charge on any atom is -0.354 e. The second-order valence-corrected chi connectivity index (χ2v) is 5.27. The summed E-state index contributed by atoms with van der Waals surface area (Å²) in [6.07, 6.45) is 0.841. The molecule has 0 saturated carbocycles. The van der Waals surface area contributed by atoms with Gasteiger partial charge >= 0.3 is 0 Å². The monoisotopic (exact) mass is 281 g/mol. The number of rotatable bonds is 4. The zero-order valence-electron chi connectivity index (χ0n) is 11.1. The van der Waals surface area contributed by atoms with Crippen molar-refractivity contribution in [2.75, 3.05) is 19.6 Å². The average molecular weight is 282 g/mol. The predicted molar refractivity (Wildman–Crippen MR) is 77.0 cm³/mol. The smallest absolute Gasteiger partial charge is 0.234 e. The van der Waals surface area contributed by atoms with Gasteiger partial charge in [0.05, 0.1) is 12.6 Å². The largest absolute Gasteiger partial charge is 0.354 e. The maximum atomic E-state index is 11.6. The maximum Gasteiger partial charge on any atom is 0.234 e. The lowest BCUT2D eigenvalue weighted by atomic mass is 9.95. The number of nitrogens with two attached hydrogens (primary N) is 1. The van der Waals surface area contributed by atoms with Gasteiger partial charge in [0.2, 0.25) is 5.91 Å². The first-order chi connectivity index (χ1) is 9.13. The summed E-state index contributed by atoms with van der Waals surface area (Å²) in [5.41, 5.74) is 7.27. The van der Waals surface area contributed by atoms with E-state index in [9.17, 15) is 4.79 Å². The molecule has 1 amide bonds. The van der Waals surface area contributed by atoms with Crippen LogP contribution in [0.25, 0.3) is 0 Å². The molecule has 1 aromatic rings. The van der Waals surface area contributed by atoms with Gasteiger partial charge in [0.1, 0.15) is 0 Å². The highest BCUT2D eigenvalue weighted by Gasteiger charge is 2.30. The summed E-state index contributed by atoms with van der Waals surface area (Å²) in [4.78, 5) is 13.7. The van der Waals surface area contributed by atoms with Gasteiger partial charge in [0.15, 0.2) is 0 Å². The van der Waals surface area contributed by atoms with Crippen LogP contribution in [-0.2, 0) is 4.79 Å². The molecule has 1 aromatic carbocycles. The Morgan fingerprint density at radius 3 is 2.84 bits per heavy atom. The standard InChI is InChI=1S/C14H20ClN3O/c1-2-12(16)14(10-5-3-4-6-11(10)15)18-8-7-17-13(19)9-18/h3-6,12,14H,2,7-9,16H2,1H3,(H,17,19). The fraction of sp³-hybridized carbons (Fsp3) is 0.500. The summed E-state index contributed by atoms with van der Waals surface area (Å²) in [6, 6.07) is 7.69. The van der Waals surface area contributed by atoms with Crippen LogP contribution < -0.4 is 11.1 Å². The number of carbonyl (C=O) groups is 1. The van der Waals surface area contributed by atoms with E-state index in [0.717, 1.165) is 18.5 Å². The molecule has 0 spiro atoms. The Morgan fingerprint density at radius 2 is 2.21 bits per heavy atom. The second kappa shape index (κ2) is 6.37. The Morgan fingerprint density at radius 1 is 1.47 bits per heavy atom. The minimum atomic E-state index is -0.0363. The molecule has 0 aromatic heterocycles. The van der Waals surface area contributed by atoms with Crippen molar-refractivity contribution in [3.63, 3.8) is 0 Å². The van der Waals surface area contributed by atoms with E-state index in [1.165, 1.54) is 0 Å². The molecule has 0 bridgehead atoms. The summed E-state index contributed by atoms with van der Waals surface area (Å²) >= 11 is 6.29. The first kappa shape index (κ1) is 14.3. The van der Waals surface area contributed by atoms with Crippen LogP contribution in [0.15, 0.2) is 24.3 Å². The molecule has 5 heteroatoms. The molecule has 104 valence electrons. The second-order valence-electron chi connectivity index (χ2n) is 4.86. The summed E-state index contributed by atoms with van der Waals surface area (Å²) in [5, 5.41) is 3.55. The van der Waals surface area contributed by atoms with Crippen molar-refractivity contribution < 1.29 is 4.79 Å². The molecular formula is C14H20ClN3O. The number of carbonyl (C=O) groups excluding carboxylic acids is 1. The van der Waals surface area contributed by atoms with Crippen LogP contribution >= 0.6 is 11.6 Å². The molecule has 1 fully saturated rings. The lowest BCUT2D eigenvalue weighted by Crippen LogP contribution is -2.52. The molecule has 1 aliphatic rings. The highest BCUT2D eigenvalue weighted by molar-refractivity contribution is 6.31. The summed E-state index contributed by atoms with van der Waals surface area (Å²) in [7, 11) is 0. The van der Waals surface area contributed by atoms with Crippen LogP contribution in [0.3, 0.4) is 0 Å². The predicted octanol–water partition coefficient (Wildman–Crippen LogP) is 1.55. The van der Waals surface area contributed by atoms with E-state index in [1.54, 1.807) is 0 Å². The van der Waals surface area contributed by atoms with Gasteiger partial charge in [-0.3, -0.25) is 9.69 Å². The van der Waals surface area contributed by atoms with Crippen LogP contribution in [0.5, 0.6) is 0 Å². The third-order valence-corrected chi connectivity index (χ3v) is 3.91. The van der Waals surface area contributed by atoms with Gasteiger partial charge in [-0.25, -0.2) is 0 Å². The third-order valence-electron chi connectivity index (χ3n) is 3.56. The van der Waals surface area contributed by atoms with Crippen LogP contribution in [0.2, 0.25) is 5.02 Å². The average Bonchev–Trinajstić information content (AvgIpc) is 2.41. The van der Waals surface area contributed by atoms with Gasteiger partial charge in [-0.2, -0.15) is 0 Å². The molecule has 1 saturated heterocycles. The van der Waals surface area contributed by atoms with Crippen molar-refractivity contribution in [3.05, 3.63) is 34.9 Å². The van der Waals surface area contributed by atoms with Crippen molar-refractivity contribution in [3.8, 4) is 0 Å². The van der Waals surface area contributed by atoms with Crippen molar-refractivity contribution >= 4 is 17.5 Å². The Hall–Kier alpha value is -1.10. The van der Waals surface area contributed by atoms with E-state index in [-0.39, 0.29) is 18.0 Å². The molecule has 4 nitrogen and oxygen atoms in total. The number of piperazine rings is 1. The normalized spacial score (nSPS) is 19.8. The number of nitrogens with zero attached hydrogens (tertiary/aromatic N) is 1. The van der Waals surface area contributed by atoms with Crippen LogP contribution in [0.1, 0.15) is 24.9 Å². The maximum absolute atomic E-state index is 11.6. The van der Waals surface area contributed by atoms with Gasteiger partial charge < -0.3 is 11.1 Å². The third kappa shape index (κ3) is 3.26. The Labute approximate surface area is 118 Å². The van der Waals surface area contributed by atoms with Gasteiger partial charge in [-0.15, -0.1) is 0 Å². The SMILES string of the molecule is CCC(N)C(c1ccccc1Cl)N1CCNC(=O)C1. The molecule has 2 atom stereocenters. The first-order valence-corrected chi connectivity index (χ1v) is 7.02. The van der Waals surface area contributed by atoms with E-state index >= 15 is 0 Å². The topological polar surface area (TPSA) is 58.4 Å². The zero-order chi connectivity index (χ0) is 13.8. The van der Waals surface area contributed by atoms with Crippen molar-refractivity contribution in [2.24, 2.45) is 5.73 Å². The Kier molecular flexibility index (Phi) is 4.80. The first-order valence-electron chi connectivity index (χ1n) is 6.64. The van der Waals surface area contributed by atoms with Gasteiger partial charge in [0, 0.05) is 24.2 Å². The summed E-state index contributed by atoms with van der Waals surface area (Å²) in [5.74, 6) is 0.0478. The molecular weight excluding hydrogens is 262 g/mol. The summed E-state index contributed by atoms with van der Waals surface area (Å²) in [6.45, 7) is 3.90. The van der Waals surface area contributed by atoms with Crippen molar-refractivity contribution in [1.82, 2.24) is 10.2 Å². The number of hydrogen-bond acceptors (Lipinski definition) is 3. The fourth-order valence-corrected chi connectivity index (χ4v) is 2.78. The van der Waals surface area contributed by atoms with Crippen LogP contribution in [0, 0.1) is 0 Å². The van der Waals surface area contributed by atoms with Crippen molar-refractivity contribution in [1.29, 1.82) is 0 Å². The van der Waals surface area contributed by atoms with E-state index < -0.39 is 0 Å². The minimum absolute atomic E-state index is 0.00949. The lowest BCUT2D eigenvalue weighted by molar-refractivity contribution is -0.125. The van der Waals surface area contributed by atoms with Crippen LogP contribution in [-0.4, -0.2) is 36.5 Å². The lowest BCUT2D eigenvalue weighted by Gasteiger charge is -2.37. The number of halogens is 1. The van der Waals surface area contributed by atoms with Gasteiger partial charge in [-0.1, -0.05) is 36.7 Å². The quantitative estimate of drug-likeness (QED) is 0.880. The molecule has 0 radical (unpaired) electrons. The van der Waals surface area contributed by atoms with E-state index in [1.807, 2.05) is 24.3 Å². The van der Waals surface area contributed by atoms with E-state index in [2.05, 4.69) is 17.1 Å². The van der Waals surface area contributed by atoms with Gasteiger partial charge in [-0.05, 0) is 18.1 Å². The van der Waals surface area contributed by atoms with E-state index in [4.69, 9.17) is 17.3 Å². The molecule has 1 heterocycles. The highest BCUT2D eigenvalue weighted by Crippen LogP contribution is 2.30. The molecule has 19 heavy (non-hydrogen) atoms. The molecule has 2 unspecified atom stereocenters. The number of amides is 1. The number of benzene rings is 1. The van der Waals surface area contributed by atoms with Gasteiger partial charge in [0.25, 0.3) is 0 Å². The van der Waals surface area contributed by atoms with E-state index in [0.29, 0.717) is 18.1 Å². The Balaban J connectivity index is 2.30. The molecule has 1 aliphatic heterocycles. The molecule has 0 aliphatic carbocycles. The molecule has 3 N–H and O–H groups in total. The zero-order valence-corrected chi connectivity index (χ0v) is 11.9. The molecule has 2 rings (SSSR count). The summed E-state index contributed by atoms with van der Waals surface area (Å²) < 4.78 is 0. The highest BCUT2D eigenvalue weighted by atomic mass is 35.5. The number of nitrogens with one attached hydrogen (secondary N) is 1. The van der Waals surface area contributed by atoms with Crippen molar-refractivity contribution in [2.45, 2.75) is 25.4 Å². The Bertz CT molecular complexity index is 452. The number of hydrogen-bond donors (Lipinski definition) is 2. The van der Waals surface area contributed by atoms with Crippen LogP contribution in [0.4, 0.5) is 0 Å². The fourth-order valence-electron chi connectivity index (χ4n) is 2.53.